The molecular weight excluding hydrogens is 424 g/mol. The standard InChI is InChI=1S/C24H26N4O3S/c1-17-13-18(2)15-22(14-17)28-23(16-19(3)26-28)25-24(29)10-7-20-5-8-21(9-6-20)27-11-4-12-32(27,30)31/h5-10,13-16H,4,11-12H2,1-3H3,(H,25,29)/b10-7+. The van der Waals surface area contributed by atoms with E-state index in [1.54, 1.807) is 35.0 Å². The Morgan fingerprint density at radius 1 is 1.00 bits per heavy atom. The van der Waals surface area contributed by atoms with Crippen LogP contribution in [-0.4, -0.2) is 36.4 Å². The number of anilines is 2. The second-order valence-electron chi connectivity index (χ2n) is 8.08. The number of carbonyl (C=O) groups is 1. The number of hydrogen-bond donors (Lipinski definition) is 1. The summed E-state index contributed by atoms with van der Waals surface area (Å²) in [6, 6.07) is 15.1. The zero-order chi connectivity index (χ0) is 22.9. The molecule has 2 heterocycles. The summed E-state index contributed by atoms with van der Waals surface area (Å²) in [5.41, 5.74) is 5.39. The molecule has 4 rings (SSSR count). The molecule has 0 aliphatic carbocycles. The number of rotatable bonds is 5. The van der Waals surface area contributed by atoms with Crippen LogP contribution in [0.2, 0.25) is 0 Å². The molecule has 32 heavy (non-hydrogen) atoms. The minimum Gasteiger partial charge on any atom is -0.307 e. The molecule has 0 radical (unpaired) electrons. The topological polar surface area (TPSA) is 84.3 Å². The highest BCUT2D eigenvalue weighted by Gasteiger charge is 2.28. The molecule has 7 nitrogen and oxygen atoms in total. The molecule has 1 aliphatic rings. The van der Waals surface area contributed by atoms with Crippen molar-refractivity contribution in [3.05, 3.63) is 77.0 Å². The highest BCUT2D eigenvalue weighted by molar-refractivity contribution is 7.93. The maximum Gasteiger partial charge on any atom is 0.249 e. The minimum atomic E-state index is -3.20. The summed E-state index contributed by atoms with van der Waals surface area (Å²) in [7, 11) is -3.20. The van der Waals surface area contributed by atoms with Crippen LogP contribution in [0.3, 0.4) is 0 Å². The monoisotopic (exact) mass is 450 g/mol. The molecule has 1 saturated heterocycles. The fourth-order valence-electron chi connectivity index (χ4n) is 3.88. The summed E-state index contributed by atoms with van der Waals surface area (Å²) < 4.78 is 27.3. The van der Waals surface area contributed by atoms with Crippen LogP contribution in [0.25, 0.3) is 11.8 Å². The molecule has 166 valence electrons. The number of aromatic nitrogens is 2. The Balaban J connectivity index is 1.47. The zero-order valence-electron chi connectivity index (χ0n) is 18.4. The van der Waals surface area contributed by atoms with Gasteiger partial charge in [0.05, 0.1) is 22.8 Å². The molecule has 0 unspecified atom stereocenters. The minimum absolute atomic E-state index is 0.188. The Morgan fingerprint density at radius 3 is 2.31 bits per heavy atom. The van der Waals surface area contributed by atoms with E-state index in [1.807, 2.05) is 39.0 Å². The molecule has 8 heteroatoms. The lowest BCUT2D eigenvalue weighted by Gasteiger charge is -2.16. The third-order valence-corrected chi connectivity index (χ3v) is 7.11. The van der Waals surface area contributed by atoms with Gasteiger partial charge in [-0.1, -0.05) is 18.2 Å². The van der Waals surface area contributed by atoms with Gasteiger partial charge in [-0.2, -0.15) is 5.10 Å². The Bertz CT molecular complexity index is 1270. The highest BCUT2D eigenvalue weighted by atomic mass is 32.2. The van der Waals surface area contributed by atoms with Crippen molar-refractivity contribution in [3.8, 4) is 5.69 Å². The van der Waals surface area contributed by atoms with Crippen LogP contribution in [0, 0.1) is 20.8 Å². The SMILES string of the molecule is Cc1cc(C)cc(-n2nc(C)cc2NC(=O)/C=C/c2ccc(N3CCCS3(=O)=O)cc2)c1. The number of sulfonamides is 1. The zero-order valence-corrected chi connectivity index (χ0v) is 19.2. The third kappa shape index (κ3) is 4.75. The number of nitrogens with zero attached hydrogens (tertiary/aromatic N) is 3. The van der Waals surface area contributed by atoms with E-state index in [0.29, 0.717) is 24.5 Å². The summed E-state index contributed by atoms with van der Waals surface area (Å²) >= 11 is 0. The van der Waals surface area contributed by atoms with Crippen LogP contribution in [-0.2, 0) is 14.8 Å². The second kappa shape index (κ2) is 8.63. The van der Waals surface area contributed by atoms with E-state index in [0.717, 1.165) is 28.1 Å². The lowest BCUT2D eigenvalue weighted by Crippen LogP contribution is -2.24. The second-order valence-corrected chi connectivity index (χ2v) is 10.1. The van der Waals surface area contributed by atoms with Crippen molar-refractivity contribution in [1.82, 2.24) is 9.78 Å². The molecule has 2 aromatic carbocycles. The maximum absolute atomic E-state index is 12.5. The first-order chi connectivity index (χ1) is 15.2. The van der Waals surface area contributed by atoms with Crippen LogP contribution >= 0.6 is 0 Å². The van der Waals surface area contributed by atoms with Gasteiger partial charge in [0.1, 0.15) is 5.82 Å². The fourth-order valence-corrected chi connectivity index (χ4v) is 5.44. The first-order valence-electron chi connectivity index (χ1n) is 10.5. The van der Waals surface area contributed by atoms with Crippen molar-refractivity contribution < 1.29 is 13.2 Å². The Morgan fingerprint density at radius 2 is 1.69 bits per heavy atom. The molecule has 0 atom stereocenters. The summed E-state index contributed by atoms with van der Waals surface area (Å²) in [4.78, 5) is 12.5. The number of amides is 1. The van der Waals surface area contributed by atoms with Crippen LogP contribution in [0.4, 0.5) is 11.5 Å². The van der Waals surface area contributed by atoms with Crippen molar-refractivity contribution in [2.45, 2.75) is 27.2 Å². The molecule has 1 N–H and O–H groups in total. The summed E-state index contributed by atoms with van der Waals surface area (Å²) in [6.07, 6.45) is 3.79. The predicted molar refractivity (Wildman–Crippen MR) is 128 cm³/mol. The maximum atomic E-state index is 12.5. The van der Waals surface area contributed by atoms with Gasteiger partial charge in [-0.25, -0.2) is 13.1 Å². The van der Waals surface area contributed by atoms with E-state index >= 15 is 0 Å². The van der Waals surface area contributed by atoms with E-state index in [-0.39, 0.29) is 11.7 Å². The first-order valence-corrected chi connectivity index (χ1v) is 12.1. The molecular formula is C24H26N4O3S. The molecule has 1 aliphatic heterocycles. The molecule has 1 fully saturated rings. The van der Waals surface area contributed by atoms with Gasteiger partial charge < -0.3 is 5.32 Å². The van der Waals surface area contributed by atoms with E-state index < -0.39 is 10.0 Å². The van der Waals surface area contributed by atoms with E-state index in [4.69, 9.17) is 0 Å². The number of nitrogens with one attached hydrogen (secondary N) is 1. The molecule has 0 spiro atoms. The average Bonchev–Trinajstić information content (AvgIpc) is 3.27. The van der Waals surface area contributed by atoms with E-state index in [2.05, 4.69) is 16.5 Å². The quantitative estimate of drug-likeness (QED) is 0.596. The Hall–Kier alpha value is -3.39. The van der Waals surface area contributed by atoms with Gasteiger partial charge in [-0.05, 0) is 74.2 Å². The lowest BCUT2D eigenvalue weighted by atomic mass is 10.1. The smallest absolute Gasteiger partial charge is 0.249 e. The molecule has 3 aromatic rings. The van der Waals surface area contributed by atoms with Gasteiger partial charge >= 0.3 is 0 Å². The van der Waals surface area contributed by atoms with Gasteiger partial charge in [0, 0.05) is 18.7 Å². The molecule has 0 bridgehead atoms. The van der Waals surface area contributed by atoms with Crippen LogP contribution < -0.4 is 9.62 Å². The fraction of sp³-hybridized carbons (Fsp3) is 0.250. The van der Waals surface area contributed by atoms with Crippen LogP contribution in [0.1, 0.15) is 28.8 Å². The van der Waals surface area contributed by atoms with Gasteiger partial charge in [0.2, 0.25) is 15.9 Å². The number of benzene rings is 2. The van der Waals surface area contributed by atoms with Crippen molar-refractivity contribution in [1.29, 1.82) is 0 Å². The lowest BCUT2D eigenvalue weighted by molar-refractivity contribution is -0.111. The first kappa shape index (κ1) is 21.8. The average molecular weight is 451 g/mol. The van der Waals surface area contributed by atoms with Crippen molar-refractivity contribution in [3.63, 3.8) is 0 Å². The van der Waals surface area contributed by atoms with Crippen LogP contribution in [0.5, 0.6) is 0 Å². The number of aryl methyl sites for hydroxylation is 3. The van der Waals surface area contributed by atoms with Crippen molar-refractivity contribution in [2.24, 2.45) is 0 Å². The summed E-state index contributed by atoms with van der Waals surface area (Å²) in [6.45, 7) is 6.44. The summed E-state index contributed by atoms with van der Waals surface area (Å²) in [5, 5.41) is 7.41. The van der Waals surface area contributed by atoms with Gasteiger partial charge in [0.25, 0.3) is 0 Å². The highest BCUT2D eigenvalue weighted by Crippen LogP contribution is 2.24. The molecule has 1 aromatic heterocycles. The summed E-state index contributed by atoms with van der Waals surface area (Å²) in [5.74, 6) is 0.506. The molecule has 0 saturated carbocycles. The van der Waals surface area contributed by atoms with Crippen LogP contribution in [0.15, 0.2) is 54.6 Å². The Kier molecular flexibility index (Phi) is 5.88. The normalized spacial score (nSPS) is 15.4. The largest absolute Gasteiger partial charge is 0.307 e. The Labute approximate surface area is 188 Å². The van der Waals surface area contributed by atoms with E-state index in [9.17, 15) is 13.2 Å². The molecule has 1 amide bonds. The third-order valence-electron chi connectivity index (χ3n) is 5.24. The van der Waals surface area contributed by atoms with Crippen molar-refractivity contribution >= 4 is 33.5 Å². The number of hydrogen-bond acceptors (Lipinski definition) is 4. The predicted octanol–water partition coefficient (Wildman–Crippen LogP) is 3.99. The van der Waals surface area contributed by atoms with Gasteiger partial charge in [0.15, 0.2) is 0 Å². The number of carbonyl (C=O) groups excluding carboxylic acids is 1. The van der Waals surface area contributed by atoms with Gasteiger partial charge in [-0.3, -0.25) is 9.10 Å². The van der Waals surface area contributed by atoms with E-state index in [1.165, 1.54) is 10.4 Å². The van der Waals surface area contributed by atoms with Gasteiger partial charge in [-0.15, -0.1) is 0 Å². The van der Waals surface area contributed by atoms with Crippen molar-refractivity contribution in [2.75, 3.05) is 21.9 Å².